The van der Waals surface area contributed by atoms with Crippen LogP contribution in [0.15, 0.2) is 71.5 Å². The van der Waals surface area contributed by atoms with Gasteiger partial charge >= 0.3 is 5.97 Å². The smallest absolute Gasteiger partial charge is 0.316 e. The zero-order chi connectivity index (χ0) is 23.3. The van der Waals surface area contributed by atoms with E-state index < -0.39 is 5.41 Å². The average molecular weight is 434 g/mol. The third-order valence-corrected chi connectivity index (χ3v) is 4.86. The van der Waals surface area contributed by atoms with Crippen LogP contribution in [-0.4, -0.2) is 23.9 Å². The quantitative estimate of drug-likeness (QED) is 0.509. The van der Waals surface area contributed by atoms with Crippen LogP contribution >= 0.6 is 0 Å². The van der Waals surface area contributed by atoms with Crippen molar-refractivity contribution >= 4 is 29.2 Å². The van der Waals surface area contributed by atoms with Crippen molar-refractivity contribution in [1.29, 1.82) is 0 Å². The van der Waals surface area contributed by atoms with Gasteiger partial charge in [-0.25, -0.2) is 0 Å². The fourth-order valence-electron chi connectivity index (χ4n) is 3.01. The molecular weight excluding hydrogens is 408 g/mol. The number of anilines is 2. The average Bonchev–Trinajstić information content (AvgIpc) is 3.26. The van der Waals surface area contributed by atoms with E-state index in [4.69, 9.17) is 9.15 Å². The van der Waals surface area contributed by atoms with E-state index in [1.807, 2.05) is 6.07 Å². The SMILES string of the molecule is CC(C)OC(=O)C(C)(C)c1cccc(NC(=O)c2cccc(C(=O)Nc3ccoc3)c2)c1. The summed E-state index contributed by atoms with van der Waals surface area (Å²) >= 11 is 0. The molecule has 0 aliphatic heterocycles. The largest absolute Gasteiger partial charge is 0.470 e. The summed E-state index contributed by atoms with van der Waals surface area (Å²) in [5, 5.41) is 5.52. The lowest BCUT2D eigenvalue weighted by molar-refractivity contribution is -0.153. The lowest BCUT2D eigenvalue weighted by atomic mass is 9.84. The summed E-state index contributed by atoms with van der Waals surface area (Å²) < 4.78 is 10.3. The van der Waals surface area contributed by atoms with E-state index >= 15 is 0 Å². The second kappa shape index (κ2) is 9.51. The number of furan rings is 1. The minimum absolute atomic E-state index is 0.220. The number of nitrogens with one attached hydrogen (secondary N) is 2. The van der Waals surface area contributed by atoms with Crippen molar-refractivity contribution in [1.82, 2.24) is 0 Å². The fourth-order valence-corrected chi connectivity index (χ4v) is 3.01. The molecule has 0 saturated heterocycles. The highest BCUT2D eigenvalue weighted by Gasteiger charge is 2.32. The van der Waals surface area contributed by atoms with Gasteiger partial charge in [-0.2, -0.15) is 0 Å². The number of esters is 1. The molecule has 3 aromatic rings. The molecule has 0 fully saturated rings. The van der Waals surface area contributed by atoms with Crippen molar-refractivity contribution in [2.75, 3.05) is 10.6 Å². The number of carbonyl (C=O) groups is 3. The van der Waals surface area contributed by atoms with Crippen LogP contribution < -0.4 is 10.6 Å². The zero-order valence-corrected chi connectivity index (χ0v) is 18.5. The monoisotopic (exact) mass is 434 g/mol. The van der Waals surface area contributed by atoms with E-state index in [1.54, 1.807) is 70.2 Å². The molecular formula is C25H26N2O5. The molecule has 2 amide bonds. The van der Waals surface area contributed by atoms with Crippen molar-refractivity contribution in [3.05, 3.63) is 83.8 Å². The fraction of sp³-hybridized carbons (Fsp3) is 0.240. The molecule has 0 aliphatic rings. The maximum absolute atomic E-state index is 12.8. The molecule has 0 unspecified atom stereocenters. The van der Waals surface area contributed by atoms with E-state index in [-0.39, 0.29) is 23.9 Å². The third kappa shape index (κ3) is 5.43. The Kier molecular flexibility index (Phi) is 6.78. The second-order valence-electron chi connectivity index (χ2n) is 8.16. The van der Waals surface area contributed by atoms with Gasteiger partial charge in [0.15, 0.2) is 0 Å². The molecule has 0 aliphatic carbocycles. The molecule has 3 rings (SSSR count). The molecule has 166 valence electrons. The van der Waals surface area contributed by atoms with E-state index in [0.29, 0.717) is 28.1 Å². The van der Waals surface area contributed by atoms with Gasteiger partial charge in [0.25, 0.3) is 11.8 Å². The summed E-state index contributed by atoms with van der Waals surface area (Å²) in [4.78, 5) is 37.7. The van der Waals surface area contributed by atoms with Crippen LogP contribution in [0.2, 0.25) is 0 Å². The molecule has 7 heteroatoms. The van der Waals surface area contributed by atoms with Crippen LogP contribution in [0, 0.1) is 0 Å². The molecule has 2 N–H and O–H groups in total. The molecule has 0 spiro atoms. The van der Waals surface area contributed by atoms with Gasteiger partial charge in [-0.3, -0.25) is 14.4 Å². The Morgan fingerprint density at radius 1 is 0.875 bits per heavy atom. The first-order valence-corrected chi connectivity index (χ1v) is 10.2. The summed E-state index contributed by atoms with van der Waals surface area (Å²) in [6, 6.07) is 15.1. The second-order valence-corrected chi connectivity index (χ2v) is 8.16. The summed E-state index contributed by atoms with van der Waals surface area (Å²) in [5.41, 5.74) is 1.57. The van der Waals surface area contributed by atoms with E-state index in [0.717, 1.165) is 0 Å². The standard InChI is InChI=1S/C25H26N2O5/c1-16(2)32-24(30)25(3,4)19-9-6-10-20(14-19)26-22(28)17-7-5-8-18(13-17)23(29)27-21-11-12-31-15-21/h5-16H,1-4H3,(H,26,28)(H,27,29). The first-order valence-electron chi connectivity index (χ1n) is 10.2. The van der Waals surface area contributed by atoms with Crippen LogP contribution in [0.4, 0.5) is 11.4 Å². The van der Waals surface area contributed by atoms with Gasteiger partial charge in [-0.05, 0) is 69.7 Å². The predicted molar refractivity (Wildman–Crippen MR) is 122 cm³/mol. The number of carbonyl (C=O) groups excluding carboxylic acids is 3. The van der Waals surface area contributed by atoms with Gasteiger partial charge in [-0.1, -0.05) is 18.2 Å². The summed E-state index contributed by atoms with van der Waals surface area (Å²) in [7, 11) is 0. The Bertz CT molecular complexity index is 1120. The molecule has 0 bridgehead atoms. The Balaban J connectivity index is 1.74. The number of hydrogen-bond donors (Lipinski definition) is 2. The van der Waals surface area contributed by atoms with Crippen molar-refractivity contribution in [2.45, 2.75) is 39.2 Å². The van der Waals surface area contributed by atoms with Gasteiger partial charge in [-0.15, -0.1) is 0 Å². The highest BCUT2D eigenvalue weighted by Crippen LogP contribution is 2.28. The molecule has 7 nitrogen and oxygen atoms in total. The predicted octanol–water partition coefficient (Wildman–Crippen LogP) is 5.01. The minimum atomic E-state index is -0.879. The van der Waals surface area contributed by atoms with Gasteiger partial charge in [0.1, 0.15) is 6.26 Å². The van der Waals surface area contributed by atoms with E-state index in [2.05, 4.69) is 10.6 Å². The van der Waals surface area contributed by atoms with Crippen LogP contribution in [-0.2, 0) is 14.9 Å². The Labute approximate surface area is 186 Å². The van der Waals surface area contributed by atoms with Gasteiger partial charge in [0.2, 0.25) is 0 Å². The molecule has 1 heterocycles. The minimum Gasteiger partial charge on any atom is -0.470 e. The van der Waals surface area contributed by atoms with Crippen molar-refractivity contribution in [3.63, 3.8) is 0 Å². The number of amides is 2. The third-order valence-electron chi connectivity index (χ3n) is 4.86. The van der Waals surface area contributed by atoms with Crippen LogP contribution in [0.3, 0.4) is 0 Å². The van der Waals surface area contributed by atoms with Gasteiger partial charge in [0, 0.05) is 16.8 Å². The molecule has 0 atom stereocenters. The number of hydrogen-bond acceptors (Lipinski definition) is 5. The van der Waals surface area contributed by atoms with E-state index in [1.165, 1.54) is 18.6 Å². The normalized spacial score (nSPS) is 11.2. The Morgan fingerprint density at radius 3 is 2.09 bits per heavy atom. The molecule has 32 heavy (non-hydrogen) atoms. The van der Waals surface area contributed by atoms with Crippen LogP contribution in [0.1, 0.15) is 54.0 Å². The Morgan fingerprint density at radius 2 is 1.50 bits per heavy atom. The molecule has 2 aromatic carbocycles. The molecule has 0 saturated carbocycles. The lowest BCUT2D eigenvalue weighted by Gasteiger charge is -2.25. The zero-order valence-electron chi connectivity index (χ0n) is 18.5. The molecule has 1 aromatic heterocycles. The first-order chi connectivity index (χ1) is 15.2. The first kappa shape index (κ1) is 22.8. The number of rotatable bonds is 7. The Hall–Kier alpha value is -3.87. The highest BCUT2D eigenvalue weighted by atomic mass is 16.5. The maximum atomic E-state index is 12.8. The lowest BCUT2D eigenvalue weighted by Crippen LogP contribution is -2.33. The summed E-state index contributed by atoms with van der Waals surface area (Å²) in [6.07, 6.45) is 2.65. The molecule has 0 radical (unpaired) electrons. The van der Waals surface area contributed by atoms with Gasteiger partial charge in [0.05, 0.1) is 23.5 Å². The van der Waals surface area contributed by atoms with Crippen molar-refractivity contribution in [2.24, 2.45) is 0 Å². The maximum Gasteiger partial charge on any atom is 0.316 e. The topological polar surface area (TPSA) is 97.6 Å². The summed E-state index contributed by atoms with van der Waals surface area (Å²) in [6.45, 7) is 7.16. The number of benzene rings is 2. The van der Waals surface area contributed by atoms with Gasteiger partial charge < -0.3 is 19.8 Å². The highest BCUT2D eigenvalue weighted by molar-refractivity contribution is 6.08. The van der Waals surface area contributed by atoms with E-state index in [9.17, 15) is 14.4 Å². The number of ether oxygens (including phenoxy) is 1. The van der Waals surface area contributed by atoms with Crippen LogP contribution in [0.25, 0.3) is 0 Å². The van der Waals surface area contributed by atoms with Crippen molar-refractivity contribution in [3.8, 4) is 0 Å². The van der Waals surface area contributed by atoms with Crippen molar-refractivity contribution < 1.29 is 23.5 Å². The summed E-state index contributed by atoms with van der Waals surface area (Å²) in [5.74, 6) is -1.07. The van der Waals surface area contributed by atoms with Crippen LogP contribution in [0.5, 0.6) is 0 Å².